The van der Waals surface area contributed by atoms with Crippen LogP contribution in [-0.2, 0) is 0 Å². The van der Waals surface area contributed by atoms with Crippen molar-refractivity contribution in [2.45, 2.75) is 6.92 Å². The third kappa shape index (κ3) is 1.63. The zero-order valence-corrected chi connectivity index (χ0v) is 8.81. The Labute approximate surface area is 90.5 Å². The number of hydrogen-bond acceptors (Lipinski definition) is 3. The molecule has 4 nitrogen and oxygen atoms in total. The lowest BCUT2D eigenvalue weighted by molar-refractivity contribution is 0.626. The number of nitrogens with one attached hydrogen (secondary N) is 1. The van der Waals surface area contributed by atoms with E-state index in [2.05, 4.69) is 10.2 Å². The summed E-state index contributed by atoms with van der Waals surface area (Å²) >= 11 is 5.00. The largest absolute Gasteiger partial charge is 0.368 e. The van der Waals surface area contributed by atoms with Crippen LogP contribution in [0.3, 0.4) is 0 Å². The highest BCUT2D eigenvalue weighted by Crippen LogP contribution is 2.18. The Kier molecular flexibility index (Phi) is 2.28. The minimum Gasteiger partial charge on any atom is -0.368 e. The molecule has 78 valence electrons. The van der Waals surface area contributed by atoms with Crippen LogP contribution in [0.1, 0.15) is 5.56 Å². The predicted octanol–water partition coefficient (Wildman–Crippen LogP) is 1.96. The minimum atomic E-state index is -0.335. The van der Waals surface area contributed by atoms with E-state index < -0.39 is 0 Å². The average Bonchev–Trinajstić information content (AvgIpc) is 2.51. The third-order valence-electron chi connectivity index (χ3n) is 2.11. The molecule has 0 unspecified atom stereocenters. The van der Waals surface area contributed by atoms with Crippen molar-refractivity contribution in [2.75, 3.05) is 5.73 Å². The maximum atomic E-state index is 13.1. The molecule has 0 radical (unpaired) electrons. The van der Waals surface area contributed by atoms with Crippen molar-refractivity contribution < 1.29 is 4.39 Å². The maximum Gasteiger partial charge on any atom is 0.225 e. The number of halogens is 1. The van der Waals surface area contributed by atoms with Gasteiger partial charge >= 0.3 is 0 Å². The fourth-order valence-corrected chi connectivity index (χ4v) is 1.60. The van der Waals surface area contributed by atoms with E-state index in [1.807, 2.05) is 6.92 Å². The van der Waals surface area contributed by atoms with Crippen molar-refractivity contribution in [3.63, 3.8) is 0 Å². The zero-order chi connectivity index (χ0) is 11.0. The molecule has 1 heterocycles. The van der Waals surface area contributed by atoms with Crippen LogP contribution in [0.4, 0.5) is 10.3 Å². The lowest BCUT2D eigenvalue weighted by Gasteiger charge is -2.07. The molecule has 0 saturated carbocycles. The van der Waals surface area contributed by atoms with Crippen molar-refractivity contribution in [1.29, 1.82) is 0 Å². The van der Waals surface area contributed by atoms with Gasteiger partial charge in [-0.3, -0.25) is 4.57 Å². The van der Waals surface area contributed by atoms with Crippen LogP contribution in [-0.4, -0.2) is 14.8 Å². The number of nitrogens with two attached hydrogens (primary N) is 1. The molecule has 1 aromatic heterocycles. The molecular formula is C9H9FN4S. The van der Waals surface area contributed by atoms with Gasteiger partial charge in [-0.25, -0.2) is 9.49 Å². The van der Waals surface area contributed by atoms with Crippen LogP contribution in [0.15, 0.2) is 18.2 Å². The summed E-state index contributed by atoms with van der Waals surface area (Å²) in [6.07, 6.45) is 0. The topological polar surface area (TPSA) is 59.6 Å². The van der Waals surface area contributed by atoms with E-state index in [1.165, 1.54) is 16.7 Å². The van der Waals surface area contributed by atoms with Gasteiger partial charge in [-0.2, -0.15) is 0 Å². The molecule has 2 rings (SSSR count). The zero-order valence-electron chi connectivity index (χ0n) is 7.99. The average molecular weight is 224 g/mol. The van der Waals surface area contributed by atoms with Gasteiger partial charge in [0.1, 0.15) is 5.82 Å². The molecule has 0 saturated heterocycles. The van der Waals surface area contributed by atoms with Crippen LogP contribution in [0, 0.1) is 17.5 Å². The van der Waals surface area contributed by atoms with E-state index in [0.717, 1.165) is 5.56 Å². The third-order valence-corrected chi connectivity index (χ3v) is 2.38. The summed E-state index contributed by atoms with van der Waals surface area (Å²) < 4.78 is 14.9. The number of anilines is 1. The number of rotatable bonds is 1. The molecule has 0 spiro atoms. The van der Waals surface area contributed by atoms with Crippen molar-refractivity contribution in [2.24, 2.45) is 0 Å². The number of aromatic nitrogens is 3. The van der Waals surface area contributed by atoms with Gasteiger partial charge in [0.05, 0.1) is 5.69 Å². The predicted molar refractivity (Wildman–Crippen MR) is 57.9 cm³/mol. The first-order valence-corrected chi connectivity index (χ1v) is 4.70. The summed E-state index contributed by atoms with van der Waals surface area (Å²) in [5.41, 5.74) is 7.10. The molecule has 6 heteroatoms. The highest BCUT2D eigenvalue weighted by atomic mass is 32.1. The first kappa shape index (κ1) is 9.85. The second-order valence-electron chi connectivity index (χ2n) is 3.15. The summed E-state index contributed by atoms with van der Waals surface area (Å²) in [5, 5.41) is 6.31. The number of H-pyrrole nitrogens is 1. The first-order valence-electron chi connectivity index (χ1n) is 4.29. The van der Waals surface area contributed by atoms with Gasteiger partial charge in [0.2, 0.25) is 10.7 Å². The normalized spacial score (nSPS) is 10.5. The fraction of sp³-hybridized carbons (Fsp3) is 0.111. The molecule has 3 N–H and O–H groups in total. The lowest BCUT2D eigenvalue weighted by Crippen LogP contribution is -2.03. The Balaban J connectivity index is 2.74. The summed E-state index contributed by atoms with van der Waals surface area (Å²) in [4.78, 5) is 0. The molecule has 0 aliphatic carbocycles. The van der Waals surface area contributed by atoms with Gasteiger partial charge in [-0.05, 0) is 36.8 Å². The van der Waals surface area contributed by atoms with Crippen LogP contribution < -0.4 is 5.73 Å². The summed E-state index contributed by atoms with van der Waals surface area (Å²) in [6.45, 7) is 1.85. The molecule has 0 atom stereocenters. The van der Waals surface area contributed by atoms with E-state index in [4.69, 9.17) is 18.0 Å². The van der Waals surface area contributed by atoms with Gasteiger partial charge in [0.15, 0.2) is 0 Å². The number of nitrogen functional groups attached to an aromatic ring is 1. The summed E-state index contributed by atoms with van der Waals surface area (Å²) in [7, 11) is 0. The van der Waals surface area contributed by atoms with Crippen molar-refractivity contribution in [3.8, 4) is 5.69 Å². The maximum absolute atomic E-state index is 13.1. The van der Waals surface area contributed by atoms with E-state index in [0.29, 0.717) is 10.5 Å². The van der Waals surface area contributed by atoms with Crippen molar-refractivity contribution in [1.82, 2.24) is 14.8 Å². The Hall–Kier alpha value is -1.69. The van der Waals surface area contributed by atoms with Crippen molar-refractivity contribution in [3.05, 3.63) is 34.4 Å². The molecular weight excluding hydrogens is 215 g/mol. The van der Waals surface area contributed by atoms with E-state index in [9.17, 15) is 4.39 Å². The molecule has 0 fully saturated rings. The Morgan fingerprint density at radius 2 is 2.27 bits per heavy atom. The molecule has 0 aliphatic rings. The number of benzene rings is 1. The summed E-state index contributed by atoms with van der Waals surface area (Å²) in [6, 6.07) is 4.43. The Morgan fingerprint density at radius 1 is 1.53 bits per heavy atom. The Morgan fingerprint density at radius 3 is 2.87 bits per heavy atom. The molecule has 0 amide bonds. The second-order valence-corrected chi connectivity index (χ2v) is 3.54. The second kappa shape index (κ2) is 3.47. The monoisotopic (exact) mass is 224 g/mol. The minimum absolute atomic E-state index is 0.216. The molecule has 2 aromatic rings. The number of aryl methyl sites for hydroxylation is 1. The molecule has 1 aromatic carbocycles. The van der Waals surface area contributed by atoms with E-state index >= 15 is 0 Å². The molecule has 0 aliphatic heterocycles. The number of nitrogens with zero attached hydrogens (tertiary/aromatic N) is 2. The van der Waals surface area contributed by atoms with E-state index in [1.54, 1.807) is 6.07 Å². The standard InChI is InChI=1S/C9H9FN4S/c1-5-2-3-6(10)4-7(5)14-8(11)12-13-9(14)15/h2-4H,1H3,(H2,11,12)(H,13,15). The number of hydrogen-bond donors (Lipinski definition) is 2. The van der Waals surface area contributed by atoms with Crippen LogP contribution in [0.5, 0.6) is 0 Å². The van der Waals surface area contributed by atoms with Crippen molar-refractivity contribution >= 4 is 18.2 Å². The molecule has 15 heavy (non-hydrogen) atoms. The highest BCUT2D eigenvalue weighted by molar-refractivity contribution is 7.71. The smallest absolute Gasteiger partial charge is 0.225 e. The van der Waals surface area contributed by atoms with Crippen LogP contribution in [0.25, 0.3) is 5.69 Å². The van der Waals surface area contributed by atoms with Gasteiger partial charge in [0.25, 0.3) is 0 Å². The van der Waals surface area contributed by atoms with Gasteiger partial charge in [-0.15, -0.1) is 5.10 Å². The molecule has 0 bridgehead atoms. The Bertz CT molecular complexity index is 557. The van der Waals surface area contributed by atoms with Gasteiger partial charge in [-0.1, -0.05) is 6.07 Å². The SMILES string of the molecule is Cc1ccc(F)cc1-n1c(N)n[nH]c1=S. The van der Waals surface area contributed by atoms with E-state index in [-0.39, 0.29) is 11.8 Å². The van der Waals surface area contributed by atoms with Gasteiger partial charge < -0.3 is 5.73 Å². The summed E-state index contributed by atoms with van der Waals surface area (Å²) in [5.74, 6) is -0.119. The quantitative estimate of drug-likeness (QED) is 0.728. The van der Waals surface area contributed by atoms with Crippen LogP contribution >= 0.6 is 12.2 Å². The fourth-order valence-electron chi connectivity index (χ4n) is 1.37. The highest BCUT2D eigenvalue weighted by Gasteiger charge is 2.08. The number of aromatic amines is 1. The van der Waals surface area contributed by atoms with Gasteiger partial charge in [0, 0.05) is 0 Å². The van der Waals surface area contributed by atoms with Crippen LogP contribution in [0.2, 0.25) is 0 Å². The first-order chi connectivity index (χ1) is 7.09. The lowest BCUT2D eigenvalue weighted by atomic mass is 10.2.